The fourth-order valence-electron chi connectivity index (χ4n) is 1.73. The highest BCUT2D eigenvalue weighted by Crippen LogP contribution is 2.12. The molecule has 1 amide bonds. The lowest BCUT2D eigenvalue weighted by atomic mass is 10.1. The van der Waals surface area contributed by atoms with Gasteiger partial charge in [0.1, 0.15) is 0 Å². The topological polar surface area (TPSA) is 69.6 Å². The van der Waals surface area contributed by atoms with Gasteiger partial charge in [0.05, 0.1) is 11.5 Å². The van der Waals surface area contributed by atoms with Gasteiger partial charge in [0.2, 0.25) is 5.91 Å². The predicted octanol–water partition coefficient (Wildman–Crippen LogP) is -0.128. The first kappa shape index (κ1) is 13.3. The molecule has 1 unspecified atom stereocenters. The molecule has 1 fully saturated rings. The van der Waals surface area contributed by atoms with E-state index in [4.69, 9.17) is 5.11 Å². The second-order valence-electron chi connectivity index (χ2n) is 4.11. The summed E-state index contributed by atoms with van der Waals surface area (Å²) in [6, 6.07) is 0. The molecule has 5 nitrogen and oxygen atoms in total. The lowest BCUT2D eigenvalue weighted by Gasteiger charge is -2.11. The van der Waals surface area contributed by atoms with Crippen LogP contribution in [-0.2, 0) is 9.59 Å². The Hall–Kier alpha value is -0.750. The highest BCUT2D eigenvalue weighted by molar-refractivity contribution is 8.00. The van der Waals surface area contributed by atoms with Gasteiger partial charge in [0, 0.05) is 13.1 Å². The molecule has 1 aliphatic rings. The summed E-state index contributed by atoms with van der Waals surface area (Å²) in [7, 11) is 2.07. The maximum absolute atomic E-state index is 11.3. The van der Waals surface area contributed by atoms with Crippen LogP contribution < -0.4 is 5.32 Å². The number of carbonyl (C=O) groups is 2. The van der Waals surface area contributed by atoms with Crippen LogP contribution in [0.3, 0.4) is 0 Å². The zero-order chi connectivity index (χ0) is 12.0. The van der Waals surface area contributed by atoms with E-state index in [2.05, 4.69) is 17.3 Å². The molecular weight excluding hydrogens is 228 g/mol. The van der Waals surface area contributed by atoms with Gasteiger partial charge in [0.15, 0.2) is 0 Å². The van der Waals surface area contributed by atoms with Crippen LogP contribution in [0, 0.1) is 5.92 Å². The molecular formula is C10H18N2O3S. The van der Waals surface area contributed by atoms with E-state index in [9.17, 15) is 9.59 Å². The molecule has 1 atom stereocenters. The Kier molecular flexibility index (Phi) is 5.62. The quantitative estimate of drug-likeness (QED) is 0.683. The molecule has 1 saturated heterocycles. The number of rotatable bonds is 6. The molecule has 0 aromatic heterocycles. The number of hydrogen-bond donors (Lipinski definition) is 2. The molecule has 1 heterocycles. The van der Waals surface area contributed by atoms with Crippen molar-refractivity contribution in [3.8, 4) is 0 Å². The minimum Gasteiger partial charge on any atom is -0.481 e. The number of nitrogens with one attached hydrogen (secondary N) is 1. The van der Waals surface area contributed by atoms with Crippen LogP contribution in [-0.4, -0.2) is 60.1 Å². The molecule has 0 spiro atoms. The van der Waals surface area contributed by atoms with E-state index < -0.39 is 5.97 Å². The third-order valence-corrected chi connectivity index (χ3v) is 3.45. The number of carboxylic acids is 1. The summed E-state index contributed by atoms with van der Waals surface area (Å²) in [5.41, 5.74) is 0. The van der Waals surface area contributed by atoms with Crippen molar-refractivity contribution >= 4 is 23.6 Å². The number of aliphatic carboxylic acids is 1. The Morgan fingerprint density at radius 1 is 1.50 bits per heavy atom. The van der Waals surface area contributed by atoms with Crippen LogP contribution in [0.5, 0.6) is 0 Å². The molecule has 92 valence electrons. The van der Waals surface area contributed by atoms with Crippen molar-refractivity contribution < 1.29 is 14.7 Å². The lowest BCUT2D eigenvalue weighted by molar-refractivity contribution is -0.133. The molecule has 0 aromatic carbocycles. The second kappa shape index (κ2) is 6.75. The normalized spacial score (nSPS) is 20.9. The largest absolute Gasteiger partial charge is 0.481 e. The van der Waals surface area contributed by atoms with Gasteiger partial charge in [-0.1, -0.05) is 0 Å². The molecule has 0 radical (unpaired) electrons. The summed E-state index contributed by atoms with van der Waals surface area (Å²) < 4.78 is 0. The van der Waals surface area contributed by atoms with E-state index in [-0.39, 0.29) is 17.4 Å². The minimum absolute atomic E-state index is 0.0143. The first-order chi connectivity index (χ1) is 7.58. The minimum atomic E-state index is -0.879. The average molecular weight is 246 g/mol. The molecule has 0 bridgehead atoms. The Balaban J connectivity index is 2.04. The van der Waals surface area contributed by atoms with Gasteiger partial charge in [-0.25, -0.2) is 0 Å². The van der Waals surface area contributed by atoms with Crippen molar-refractivity contribution in [1.29, 1.82) is 0 Å². The smallest absolute Gasteiger partial charge is 0.313 e. The lowest BCUT2D eigenvalue weighted by Crippen LogP contribution is -2.31. The molecule has 6 heteroatoms. The van der Waals surface area contributed by atoms with Gasteiger partial charge in [-0.15, -0.1) is 11.8 Å². The van der Waals surface area contributed by atoms with E-state index in [1.54, 1.807) is 0 Å². The van der Waals surface area contributed by atoms with Gasteiger partial charge < -0.3 is 15.3 Å². The van der Waals surface area contributed by atoms with Crippen molar-refractivity contribution in [1.82, 2.24) is 10.2 Å². The number of carbonyl (C=O) groups excluding carboxylic acids is 1. The Bertz CT molecular complexity index is 260. The summed E-state index contributed by atoms with van der Waals surface area (Å²) in [6.07, 6.45) is 1.12. The number of hydrogen-bond acceptors (Lipinski definition) is 4. The monoisotopic (exact) mass is 246 g/mol. The number of likely N-dealkylation sites (tertiary alicyclic amines) is 1. The van der Waals surface area contributed by atoms with Crippen LogP contribution in [0.15, 0.2) is 0 Å². The first-order valence-electron chi connectivity index (χ1n) is 5.32. The number of thioether (sulfide) groups is 1. The number of carboxylic acid groups (broad SMARTS) is 1. The maximum atomic E-state index is 11.3. The van der Waals surface area contributed by atoms with Gasteiger partial charge in [-0.2, -0.15) is 0 Å². The fraction of sp³-hybridized carbons (Fsp3) is 0.800. The van der Waals surface area contributed by atoms with E-state index >= 15 is 0 Å². The Morgan fingerprint density at radius 2 is 2.25 bits per heavy atom. The summed E-state index contributed by atoms with van der Waals surface area (Å²) >= 11 is 1.13. The molecule has 16 heavy (non-hydrogen) atoms. The van der Waals surface area contributed by atoms with Crippen molar-refractivity contribution in [2.24, 2.45) is 5.92 Å². The number of amides is 1. The first-order valence-corrected chi connectivity index (χ1v) is 6.48. The van der Waals surface area contributed by atoms with Crippen molar-refractivity contribution in [3.05, 3.63) is 0 Å². The number of nitrogens with zero attached hydrogens (tertiary/aromatic N) is 1. The summed E-state index contributed by atoms with van der Waals surface area (Å²) in [4.78, 5) is 23.8. The molecule has 1 aliphatic heterocycles. The zero-order valence-corrected chi connectivity index (χ0v) is 10.3. The van der Waals surface area contributed by atoms with E-state index in [0.29, 0.717) is 12.5 Å². The van der Waals surface area contributed by atoms with Gasteiger partial charge in [-0.3, -0.25) is 9.59 Å². The van der Waals surface area contributed by atoms with Crippen LogP contribution in [0.2, 0.25) is 0 Å². The summed E-state index contributed by atoms with van der Waals surface area (Å²) in [5.74, 6) is -0.191. The highest BCUT2D eigenvalue weighted by atomic mass is 32.2. The second-order valence-corrected chi connectivity index (χ2v) is 5.09. The van der Waals surface area contributed by atoms with Gasteiger partial charge in [0.25, 0.3) is 0 Å². The Morgan fingerprint density at radius 3 is 2.81 bits per heavy atom. The van der Waals surface area contributed by atoms with Crippen molar-refractivity contribution in [2.75, 3.05) is 38.2 Å². The van der Waals surface area contributed by atoms with Crippen LogP contribution in [0.25, 0.3) is 0 Å². The van der Waals surface area contributed by atoms with Gasteiger partial charge in [-0.05, 0) is 25.9 Å². The zero-order valence-electron chi connectivity index (χ0n) is 9.44. The van der Waals surface area contributed by atoms with Crippen LogP contribution >= 0.6 is 11.8 Å². The summed E-state index contributed by atoms with van der Waals surface area (Å²) in [5, 5.41) is 11.2. The van der Waals surface area contributed by atoms with E-state index in [0.717, 1.165) is 31.3 Å². The highest BCUT2D eigenvalue weighted by Gasteiger charge is 2.19. The third kappa shape index (κ3) is 5.37. The van der Waals surface area contributed by atoms with Crippen molar-refractivity contribution in [2.45, 2.75) is 6.42 Å². The predicted molar refractivity (Wildman–Crippen MR) is 63.6 cm³/mol. The maximum Gasteiger partial charge on any atom is 0.313 e. The SMILES string of the molecule is CN1CCC(CNC(=O)CSCC(=O)O)C1. The fourth-order valence-corrected chi connectivity index (χ4v) is 2.30. The van der Waals surface area contributed by atoms with E-state index in [1.807, 2.05) is 0 Å². The van der Waals surface area contributed by atoms with Crippen molar-refractivity contribution in [3.63, 3.8) is 0 Å². The van der Waals surface area contributed by atoms with Crippen LogP contribution in [0.1, 0.15) is 6.42 Å². The van der Waals surface area contributed by atoms with Gasteiger partial charge >= 0.3 is 5.97 Å². The third-order valence-electron chi connectivity index (χ3n) is 2.54. The molecule has 2 N–H and O–H groups in total. The Labute approximate surface area is 99.6 Å². The molecule has 1 rings (SSSR count). The van der Waals surface area contributed by atoms with E-state index in [1.165, 1.54) is 0 Å². The molecule has 0 saturated carbocycles. The van der Waals surface area contributed by atoms with Crippen LogP contribution in [0.4, 0.5) is 0 Å². The summed E-state index contributed by atoms with van der Waals surface area (Å²) in [6.45, 7) is 2.83. The average Bonchev–Trinajstić information content (AvgIpc) is 2.61. The molecule has 0 aromatic rings. The molecule has 0 aliphatic carbocycles. The standard InChI is InChI=1S/C10H18N2O3S/c1-12-3-2-8(5-12)4-11-9(13)6-16-7-10(14)15/h8H,2-7H2,1H3,(H,11,13)(H,14,15).